The Kier molecular flexibility index (Phi) is 6.01. The number of hydrogen-bond donors (Lipinski definition) is 2. The molecule has 0 aliphatic rings. The number of carbonyl (C=O) groups is 1. The molecule has 1 unspecified atom stereocenters. The van der Waals surface area contributed by atoms with Gasteiger partial charge in [0, 0.05) is 23.0 Å². The van der Waals surface area contributed by atoms with Crippen LogP contribution in [-0.4, -0.2) is 18.0 Å². The van der Waals surface area contributed by atoms with Gasteiger partial charge in [-0.05, 0) is 39.3 Å². The monoisotopic (exact) mass is 326 g/mol. The van der Waals surface area contributed by atoms with Crippen molar-refractivity contribution in [2.45, 2.75) is 45.7 Å². The third-order valence-corrected chi connectivity index (χ3v) is 3.48. The van der Waals surface area contributed by atoms with Gasteiger partial charge in [-0.15, -0.1) is 0 Å². The summed E-state index contributed by atoms with van der Waals surface area (Å²) in [6.07, 6.45) is 0.492. The van der Waals surface area contributed by atoms with Gasteiger partial charge in [0.05, 0.1) is 6.04 Å². The standard InChI is InChI=1S/C15H23BrN2O/c1-11(12-7-5-6-8-13(12)16)18-14(19)9-10-17-15(2,3)4/h5-8,11,17H,9-10H2,1-4H3,(H,18,19). The van der Waals surface area contributed by atoms with Crippen molar-refractivity contribution in [2.75, 3.05) is 6.54 Å². The molecule has 0 saturated heterocycles. The Balaban J connectivity index is 2.43. The van der Waals surface area contributed by atoms with Crippen LogP contribution >= 0.6 is 15.9 Å². The quantitative estimate of drug-likeness (QED) is 0.870. The third kappa shape index (κ3) is 6.21. The van der Waals surface area contributed by atoms with Crippen LogP contribution in [0.15, 0.2) is 28.7 Å². The molecule has 1 amide bonds. The first kappa shape index (κ1) is 16.2. The van der Waals surface area contributed by atoms with Gasteiger partial charge in [0.15, 0.2) is 0 Å². The Hall–Kier alpha value is -0.870. The van der Waals surface area contributed by atoms with Crippen LogP contribution in [0.3, 0.4) is 0 Å². The molecule has 0 saturated carbocycles. The molecule has 3 nitrogen and oxygen atoms in total. The van der Waals surface area contributed by atoms with E-state index in [1.165, 1.54) is 0 Å². The Morgan fingerprint density at radius 1 is 1.32 bits per heavy atom. The average molecular weight is 327 g/mol. The topological polar surface area (TPSA) is 41.1 Å². The van der Waals surface area contributed by atoms with E-state index in [4.69, 9.17) is 0 Å². The lowest BCUT2D eigenvalue weighted by atomic mass is 10.1. The first-order valence-electron chi connectivity index (χ1n) is 6.58. The van der Waals surface area contributed by atoms with Crippen LogP contribution in [-0.2, 0) is 4.79 Å². The molecule has 0 heterocycles. The number of hydrogen-bond acceptors (Lipinski definition) is 2. The minimum absolute atomic E-state index is 0.0118. The van der Waals surface area contributed by atoms with Gasteiger partial charge in [0.2, 0.25) is 5.91 Å². The SMILES string of the molecule is CC(NC(=O)CCNC(C)(C)C)c1ccccc1Br. The second kappa shape index (κ2) is 7.06. The molecule has 1 aromatic carbocycles. The van der Waals surface area contributed by atoms with Crippen LogP contribution in [0, 0.1) is 0 Å². The first-order valence-corrected chi connectivity index (χ1v) is 7.38. The summed E-state index contributed by atoms with van der Waals surface area (Å²) in [5.74, 6) is 0.0694. The molecule has 2 N–H and O–H groups in total. The summed E-state index contributed by atoms with van der Waals surface area (Å²) in [6, 6.07) is 7.96. The van der Waals surface area contributed by atoms with Crippen molar-refractivity contribution in [3.8, 4) is 0 Å². The van der Waals surface area contributed by atoms with E-state index in [1.807, 2.05) is 31.2 Å². The largest absolute Gasteiger partial charge is 0.350 e. The van der Waals surface area contributed by atoms with Gasteiger partial charge in [-0.3, -0.25) is 4.79 Å². The number of nitrogens with one attached hydrogen (secondary N) is 2. The highest BCUT2D eigenvalue weighted by molar-refractivity contribution is 9.10. The molecule has 106 valence electrons. The molecule has 1 rings (SSSR count). The van der Waals surface area contributed by atoms with Crippen molar-refractivity contribution in [3.63, 3.8) is 0 Å². The maximum Gasteiger partial charge on any atom is 0.221 e. The molecule has 1 atom stereocenters. The fourth-order valence-electron chi connectivity index (χ4n) is 1.77. The van der Waals surface area contributed by atoms with E-state index in [0.29, 0.717) is 13.0 Å². The molecule has 0 aliphatic carbocycles. The summed E-state index contributed by atoms with van der Waals surface area (Å²) < 4.78 is 1.02. The van der Waals surface area contributed by atoms with Crippen LogP contribution < -0.4 is 10.6 Å². The van der Waals surface area contributed by atoms with Crippen molar-refractivity contribution in [2.24, 2.45) is 0 Å². The smallest absolute Gasteiger partial charge is 0.221 e. The Morgan fingerprint density at radius 2 is 1.95 bits per heavy atom. The zero-order chi connectivity index (χ0) is 14.5. The summed E-state index contributed by atoms with van der Waals surface area (Å²) in [7, 11) is 0. The molecular weight excluding hydrogens is 304 g/mol. The van der Waals surface area contributed by atoms with Gasteiger partial charge in [0.1, 0.15) is 0 Å². The van der Waals surface area contributed by atoms with E-state index in [1.54, 1.807) is 0 Å². The van der Waals surface area contributed by atoms with Gasteiger partial charge in [-0.2, -0.15) is 0 Å². The van der Waals surface area contributed by atoms with Gasteiger partial charge in [-0.1, -0.05) is 34.1 Å². The fraction of sp³-hybridized carbons (Fsp3) is 0.533. The van der Waals surface area contributed by atoms with Crippen LogP contribution in [0.1, 0.15) is 45.7 Å². The molecular formula is C15H23BrN2O. The van der Waals surface area contributed by atoms with Gasteiger partial charge >= 0.3 is 0 Å². The molecule has 0 aromatic heterocycles. The first-order chi connectivity index (χ1) is 8.79. The molecule has 0 aliphatic heterocycles. The molecule has 1 aromatic rings. The van der Waals surface area contributed by atoms with E-state index in [2.05, 4.69) is 47.3 Å². The number of benzene rings is 1. The van der Waals surface area contributed by atoms with Crippen molar-refractivity contribution >= 4 is 21.8 Å². The average Bonchev–Trinajstić information content (AvgIpc) is 2.27. The number of halogens is 1. The van der Waals surface area contributed by atoms with E-state index >= 15 is 0 Å². The zero-order valence-corrected chi connectivity index (χ0v) is 13.7. The van der Waals surface area contributed by atoms with E-state index in [9.17, 15) is 4.79 Å². The summed E-state index contributed by atoms with van der Waals surface area (Å²) >= 11 is 3.50. The minimum Gasteiger partial charge on any atom is -0.350 e. The lowest BCUT2D eigenvalue weighted by molar-refractivity contribution is -0.121. The lowest BCUT2D eigenvalue weighted by Gasteiger charge is -2.21. The predicted octanol–water partition coefficient (Wildman–Crippen LogP) is 3.40. The molecule has 0 bridgehead atoms. The third-order valence-electron chi connectivity index (χ3n) is 2.76. The summed E-state index contributed by atoms with van der Waals surface area (Å²) in [4.78, 5) is 11.9. The maximum absolute atomic E-state index is 11.9. The van der Waals surface area contributed by atoms with E-state index in [0.717, 1.165) is 10.0 Å². The minimum atomic E-state index is 0.0118. The van der Waals surface area contributed by atoms with E-state index in [-0.39, 0.29) is 17.5 Å². The second-order valence-electron chi connectivity index (χ2n) is 5.74. The number of amides is 1. The van der Waals surface area contributed by atoms with Crippen LogP contribution in [0.5, 0.6) is 0 Å². The predicted molar refractivity (Wildman–Crippen MR) is 83.1 cm³/mol. The second-order valence-corrected chi connectivity index (χ2v) is 6.59. The maximum atomic E-state index is 11.9. The molecule has 19 heavy (non-hydrogen) atoms. The van der Waals surface area contributed by atoms with Crippen molar-refractivity contribution in [1.29, 1.82) is 0 Å². The zero-order valence-electron chi connectivity index (χ0n) is 12.1. The summed E-state index contributed by atoms with van der Waals surface area (Å²) in [5, 5.41) is 6.32. The highest BCUT2D eigenvalue weighted by Gasteiger charge is 2.13. The summed E-state index contributed by atoms with van der Waals surface area (Å²) in [6.45, 7) is 8.96. The Morgan fingerprint density at radius 3 is 2.53 bits per heavy atom. The molecule has 4 heteroatoms. The summed E-state index contributed by atoms with van der Waals surface area (Å²) in [5.41, 5.74) is 1.15. The van der Waals surface area contributed by atoms with Crippen molar-refractivity contribution in [3.05, 3.63) is 34.3 Å². The fourth-order valence-corrected chi connectivity index (χ4v) is 2.40. The van der Waals surface area contributed by atoms with Gasteiger partial charge in [0.25, 0.3) is 0 Å². The Bertz CT molecular complexity index is 426. The van der Waals surface area contributed by atoms with Crippen LogP contribution in [0.2, 0.25) is 0 Å². The lowest BCUT2D eigenvalue weighted by Crippen LogP contribution is -2.38. The van der Waals surface area contributed by atoms with Gasteiger partial charge in [-0.25, -0.2) is 0 Å². The Labute approximate surface area is 124 Å². The normalized spacial score (nSPS) is 13.1. The van der Waals surface area contributed by atoms with E-state index < -0.39 is 0 Å². The molecule has 0 radical (unpaired) electrons. The highest BCUT2D eigenvalue weighted by Crippen LogP contribution is 2.22. The van der Waals surface area contributed by atoms with Crippen molar-refractivity contribution in [1.82, 2.24) is 10.6 Å². The van der Waals surface area contributed by atoms with Crippen molar-refractivity contribution < 1.29 is 4.79 Å². The number of carbonyl (C=O) groups excluding carboxylic acids is 1. The molecule has 0 spiro atoms. The van der Waals surface area contributed by atoms with Crippen LogP contribution in [0.25, 0.3) is 0 Å². The highest BCUT2D eigenvalue weighted by atomic mass is 79.9. The molecule has 0 fully saturated rings. The number of rotatable bonds is 5. The van der Waals surface area contributed by atoms with Crippen LogP contribution in [0.4, 0.5) is 0 Å². The van der Waals surface area contributed by atoms with Gasteiger partial charge < -0.3 is 10.6 Å².